The van der Waals surface area contributed by atoms with Gasteiger partial charge in [0.05, 0.1) is 23.1 Å². The fourth-order valence-electron chi connectivity index (χ4n) is 3.23. The first-order chi connectivity index (χ1) is 11.1. The number of halogens is 1. The van der Waals surface area contributed by atoms with Crippen molar-refractivity contribution in [2.75, 3.05) is 20.1 Å². The van der Waals surface area contributed by atoms with E-state index in [4.69, 9.17) is 0 Å². The van der Waals surface area contributed by atoms with Crippen molar-refractivity contribution in [3.8, 4) is 5.69 Å². The molecule has 0 aliphatic carbocycles. The lowest BCUT2D eigenvalue weighted by molar-refractivity contribution is 0.0697. The molecular formula is C18H25ClN4O. The maximum Gasteiger partial charge on any atom is 0.257 e. The summed E-state index contributed by atoms with van der Waals surface area (Å²) >= 11 is 0. The second-order valence-electron chi connectivity index (χ2n) is 6.22. The van der Waals surface area contributed by atoms with Crippen LogP contribution in [0.3, 0.4) is 0 Å². The molecule has 6 heteroatoms. The molecule has 1 unspecified atom stereocenters. The molecule has 130 valence electrons. The summed E-state index contributed by atoms with van der Waals surface area (Å²) in [5.41, 5.74) is 3.77. The highest BCUT2D eigenvalue weighted by Gasteiger charge is 2.26. The molecule has 24 heavy (non-hydrogen) atoms. The quantitative estimate of drug-likeness (QED) is 0.927. The van der Waals surface area contributed by atoms with Gasteiger partial charge in [-0.1, -0.05) is 18.2 Å². The topological polar surface area (TPSA) is 50.2 Å². The van der Waals surface area contributed by atoms with Crippen molar-refractivity contribution in [3.63, 3.8) is 0 Å². The number of likely N-dealkylation sites (tertiary alicyclic amines) is 1. The minimum absolute atomic E-state index is 0. The number of rotatable bonds is 3. The maximum absolute atomic E-state index is 12.9. The standard InChI is InChI=1S/C18H24N4O.ClH/c1-13-7-4-5-9-17(13)22-14(2)16(11-20-22)18(23)21-10-6-8-15(12-21)19-3;/h4-5,7,9,11,15,19H,6,8,10,12H2,1-3H3;1H. The number of aryl methyl sites for hydroxylation is 1. The first-order valence-corrected chi connectivity index (χ1v) is 8.19. The van der Waals surface area contributed by atoms with Crippen LogP contribution in [-0.2, 0) is 0 Å². The van der Waals surface area contributed by atoms with Gasteiger partial charge in [-0.15, -0.1) is 12.4 Å². The summed E-state index contributed by atoms with van der Waals surface area (Å²) in [6, 6.07) is 8.48. The van der Waals surface area contributed by atoms with Crippen LogP contribution in [0, 0.1) is 13.8 Å². The molecule has 0 saturated carbocycles. The molecule has 1 saturated heterocycles. The molecule has 1 aliphatic rings. The van der Waals surface area contributed by atoms with Gasteiger partial charge in [0.2, 0.25) is 0 Å². The van der Waals surface area contributed by atoms with Crippen molar-refractivity contribution in [3.05, 3.63) is 47.3 Å². The Bertz CT molecular complexity index is 713. The third-order valence-electron chi connectivity index (χ3n) is 4.70. The van der Waals surface area contributed by atoms with Gasteiger partial charge < -0.3 is 10.2 Å². The zero-order valence-corrected chi connectivity index (χ0v) is 15.3. The Morgan fingerprint density at radius 1 is 1.29 bits per heavy atom. The molecular weight excluding hydrogens is 324 g/mol. The minimum atomic E-state index is 0. The second-order valence-corrected chi connectivity index (χ2v) is 6.22. The maximum atomic E-state index is 12.9. The number of carbonyl (C=O) groups is 1. The summed E-state index contributed by atoms with van der Waals surface area (Å²) in [7, 11) is 1.96. The number of likely N-dealkylation sites (N-methyl/N-ethyl adjacent to an activating group) is 1. The molecule has 3 rings (SSSR count). The molecule has 0 spiro atoms. The Labute approximate surface area is 149 Å². The van der Waals surface area contributed by atoms with E-state index in [0.717, 1.165) is 42.9 Å². The molecule has 1 N–H and O–H groups in total. The Morgan fingerprint density at radius 2 is 2.04 bits per heavy atom. The van der Waals surface area contributed by atoms with Gasteiger partial charge in [0.15, 0.2) is 0 Å². The Hall–Kier alpha value is -1.85. The van der Waals surface area contributed by atoms with Crippen LogP contribution in [0.2, 0.25) is 0 Å². The van der Waals surface area contributed by atoms with Gasteiger partial charge in [0, 0.05) is 19.1 Å². The van der Waals surface area contributed by atoms with E-state index in [1.54, 1.807) is 6.20 Å². The van der Waals surface area contributed by atoms with Crippen LogP contribution >= 0.6 is 12.4 Å². The number of hydrogen-bond acceptors (Lipinski definition) is 3. The van der Waals surface area contributed by atoms with E-state index in [-0.39, 0.29) is 18.3 Å². The van der Waals surface area contributed by atoms with Gasteiger partial charge in [-0.05, 0) is 45.4 Å². The largest absolute Gasteiger partial charge is 0.337 e. The highest BCUT2D eigenvalue weighted by atomic mass is 35.5. The summed E-state index contributed by atoms with van der Waals surface area (Å²) in [5.74, 6) is 0.0854. The molecule has 5 nitrogen and oxygen atoms in total. The summed E-state index contributed by atoms with van der Waals surface area (Å²) in [6.45, 7) is 5.61. The summed E-state index contributed by atoms with van der Waals surface area (Å²) < 4.78 is 1.86. The van der Waals surface area contributed by atoms with Crippen LogP contribution in [0.15, 0.2) is 30.5 Å². The normalized spacial score (nSPS) is 17.5. The minimum Gasteiger partial charge on any atom is -0.337 e. The monoisotopic (exact) mass is 348 g/mol. The Kier molecular flexibility index (Phi) is 6.02. The number of nitrogens with one attached hydrogen (secondary N) is 1. The highest BCUT2D eigenvalue weighted by molar-refractivity contribution is 5.95. The van der Waals surface area contributed by atoms with Crippen LogP contribution < -0.4 is 5.32 Å². The molecule has 1 aromatic carbocycles. The molecule has 1 aliphatic heterocycles. The van der Waals surface area contributed by atoms with Crippen molar-refractivity contribution in [2.24, 2.45) is 0 Å². The molecule has 1 fully saturated rings. The van der Waals surface area contributed by atoms with E-state index in [1.165, 1.54) is 0 Å². The first kappa shape index (κ1) is 18.5. The number of benzene rings is 1. The summed E-state index contributed by atoms with van der Waals surface area (Å²) in [6.07, 6.45) is 3.87. The smallest absolute Gasteiger partial charge is 0.257 e. The SMILES string of the molecule is CNC1CCCN(C(=O)c2cnn(-c3ccccc3C)c2C)C1.Cl. The molecule has 0 bridgehead atoms. The second kappa shape index (κ2) is 7.81. The molecule has 2 aromatic rings. The van der Waals surface area contributed by atoms with E-state index in [9.17, 15) is 4.79 Å². The zero-order chi connectivity index (χ0) is 16.4. The van der Waals surface area contributed by atoms with E-state index in [2.05, 4.69) is 23.4 Å². The van der Waals surface area contributed by atoms with Crippen molar-refractivity contribution in [1.29, 1.82) is 0 Å². The lowest BCUT2D eigenvalue weighted by Crippen LogP contribution is -2.47. The number of aromatic nitrogens is 2. The molecule has 1 amide bonds. The van der Waals surface area contributed by atoms with E-state index < -0.39 is 0 Å². The molecule has 2 heterocycles. The third kappa shape index (κ3) is 3.47. The lowest BCUT2D eigenvalue weighted by Gasteiger charge is -2.32. The fraction of sp³-hybridized carbons (Fsp3) is 0.444. The van der Waals surface area contributed by atoms with E-state index >= 15 is 0 Å². The van der Waals surface area contributed by atoms with E-state index in [1.807, 2.05) is 41.8 Å². The fourth-order valence-corrected chi connectivity index (χ4v) is 3.23. The van der Waals surface area contributed by atoms with Crippen molar-refractivity contribution in [2.45, 2.75) is 32.7 Å². The predicted molar refractivity (Wildman–Crippen MR) is 98.3 cm³/mol. The zero-order valence-electron chi connectivity index (χ0n) is 14.5. The number of para-hydroxylation sites is 1. The van der Waals surface area contributed by atoms with Gasteiger partial charge in [0.25, 0.3) is 5.91 Å². The van der Waals surface area contributed by atoms with Gasteiger partial charge in [0.1, 0.15) is 0 Å². The number of hydrogen-bond donors (Lipinski definition) is 1. The van der Waals surface area contributed by atoms with Crippen molar-refractivity contribution in [1.82, 2.24) is 20.0 Å². The average Bonchev–Trinajstić information content (AvgIpc) is 2.96. The van der Waals surface area contributed by atoms with Gasteiger partial charge in [-0.2, -0.15) is 5.10 Å². The third-order valence-corrected chi connectivity index (χ3v) is 4.70. The van der Waals surface area contributed by atoms with Gasteiger partial charge in [-0.3, -0.25) is 4.79 Å². The average molecular weight is 349 g/mol. The van der Waals surface area contributed by atoms with Gasteiger partial charge in [-0.25, -0.2) is 4.68 Å². The van der Waals surface area contributed by atoms with Crippen LogP contribution in [0.25, 0.3) is 5.69 Å². The first-order valence-electron chi connectivity index (χ1n) is 8.19. The van der Waals surface area contributed by atoms with E-state index in [0.29, 0.717) is 11.6 Å². The summed E-state index contributed by atoms with van der Waals surface area (Å²) in [4.78, 5) is 14.8. The van der Waals surface area contributed by atoms with Crippen molar-refractivity contribution >= 4 is 18.3 Å². The Morgan fingerprint density at radius 3 is 2.75 bits per heavy atom. The number of nitrogens with zero attached hydrogens (tertiary/aromatic N) is 3. The van der Waals surface area contributed by atoms with Crippen LogP contribution in [0.5, 0.6) is 0 Å². The predicted octanol–water partition coefficient (Wildman–Crippen LogP) is 2.73. The Balaban J connectivity index is 0.00000208. The van der Waals surface area contributed by atoms with Crippen LogP contribution in [-0.4, -0.2) is 46.8 Å². The molecule has 1 aromatic heterocycles. The lowest BCUT2D eigenvalue weighted by atomic mass is 10.0. The number of piperidine rings is 1. The highest BCUT2D eigenvalue weighted by Crippen LogP contribution is 2.20. The number of amides is 1. The van der Waals surface area contributed by atoms with Crippen molar-refractivity contribution < 1.29 is 4.79 Å². The number of carbonyl (C=O) groups excluding carboxylic acids is 1. The van der Waals surface area contributed by atoms with Crippen LogP contribution in [0.1, 0.15) is 34.5 Å². The van der Waals surface area contributed by atoms with Gasteiger partial charge >= 0.3 is 0 Å². The summed E-state index contributed by atoms with van der Waals surface area (Å²) in [5, 5.41) is 7.73. The molecule has 0 radical (unpaired) electrons. The molecule has 1 atom stereocenters. The van der Waals surface area contributed by atoms with Crippen LogP contribution in [0.4, 0.5) is 0 Å².